The van der Waals surface area contributed by atoms with Crippen molar-refractivity contribution in [1.29, 1.82) is 0 Å². The van der Waals surface area contributed by atoms with Gasteiger partial charge in [-0.3, -0.25) is 4.79 Å². The lowest BCUT2D eigenvalue weighted by Crippen LogP contribution is -2.40. The van der Waals surface area contributed by atoms with Gasteiger partial charge in [0, 0.05) is 43.0 Å². The van der Waals surface area contributed by atoms with E-state index in [9.17, 15) is 4.79 Å². The van der Waals surface area contributed by atoms with E-state index in [2.05, 4.69) is 19.9 Å². The minimum Gasteiger partial charge on any atom is -0.472 e. The third kappa shape index (κ3) is 3.93. The van der Waals surface area contributed by atoms with Crippen LogP contribution in [-0.2, 0) is 13.0 Å². The number of hydrogen-bond acceptors (Lipinski definition) is 4. The number of carbonyl (C=O) groups is 1. The normalized spacial score (nSPS) is 17.2. The van der Waals surface area contributed by atoms with Gasteiger partial charge >= 0.3 is 0 Å². The number of nitrogens with one attached hydrogen (secondary N) is 1. The highest BCUT2D eigenvalue weighted by Gasteiger charge is 2.22. The first-order valence-corrected chi connectivity index (χ1v) is 8.29. The van der Waals surface area contributed by atoms with Crippen LogP contribution >= 0.6 is 0 Å². The smallest absolute Gasteiger partial charge is 0.251 e. The number of nitrogens with zero attached hydrogens (tertiary/aromatic N) is 3. The maximum absolute atomic E-state index is 12.5. The Kier molecular flexibility index (Phi) is 4.30. The van der Waals surface area contributed by atoms with E-state index in [1.54, 1.807) is 18.3 Å². The Morgan fingerprint density at radius 1 is 1.42 bits per heavy atom. The molecule has 0 aliphatic carbocycles. The van der Waals surface area contributed by atoms with Gasteiger partial charge in [0.05, 0.1) is 5.69 Å². The molecule has 0 radical (unpaired) electrons. The molecular weight excluding hydrogens is 304 g/mol. The van der Waals surface area contributed by atoms with Crippen LogP contribution in [0.2, 0.25) is 0 Å². The number of amides is 1. The van der Waals surface area contributed by atoms with Gasteiger partial charge in [-0.1, -0.05) is 0 Å². The molecule has 0 saturated heterocycles. The van der Waals surface area contributed by atoms with Gasteiger partial charge in [-0.05, 0) is 40.2 Å². The van der Waals surface area contributed by atoms with Crippen molar-refractivity contribution in [2.75, 3.05) is 0 Å². The Morgan fingerprint density at radius 3 is 2.96 bits per heavy atom. The zero-order valence-corrected chi connectivity index (χ0v) is 14.7. The fourth-order valence-electron chi connectivity index (χ4n) is 2.89. The lowest BCUT2D eigenvalue weighted by atomic mass is 10.1. The van der Waals surface area contributed by atoms with Gasteiger partial charge in [0.2, 0.25) is 5.88 Å². The van der Waals surface area contributed by atoms with Gasteiger partial charge in [-0.25, -0.2) is 9.97 Å². The van der Waals surface area contributed by atoms with Crippen LogP contribution in [0.1, 0.15) is 49.1 Å². The predicted molar refractivity (Wildman–Crippen MR) is 91.2 cm³/mol. The molecule has 0 bridgehead atoms. The van der Waals surface area contributed by atoms with Crippen molar-refractivity contribution >= 4 is 5.91 Å². The molecule has 1 unspecified atom stereocenters. The first kappa shape index (κ1) is 16.5. The Hall–Kier alpha value is -2.37. The van der Waals surface area contributed by atoms with E-state index in [1.165, 1.54) is 0 Å². The molecule has 0 saturated carbocycles. The maximum Gasteiger partial charge on any atom is 0.251 e. The second-order valence-corrected chi connectivity index (χ2v) is 7.26. The van der Waals surface area contributed by atoms with E-state index in [-0.39, 0.29) is 17.6 Å². The summed E-state index contributed by atoms with van der Waals surface area (Å²) < 4.78 is 7.86. The van der Waals surface area contributed by atoms with Gasteiger partial charge in [-0.2, -0.15) is 0 Å². The average Bonchev–Trinajstić information content (AvgIpc) is 2.85. The molecule has 1 amide bonds. The number of hydrogen-bond donors (Lipinski definition) is 1. The Labute approximate surface area is 142 Å². The Balaban J connectivity index is 1.66. The van der Waals surface area contributed by atoms with E-state index in [0.717, 1.165) is 30.9 Å². The molecule has 128 valence electrons. The highest BCUT2D eigenvalue weighted by Crippen LogP contribution is 2.18. The maximum atomic E-state index is 12.5. The van der Waals surface area contributed by atoms with Crippen LogP contribution in [0.5, 0.6) is 5.88 Å². The lowest BCUT2D eigenvalue weighted by molar-refractivity contribution is 0.0923. The molecule has 0 fully saturated rings. The summed E-state index contributed by atoms with van der Waals surface area (Å²) in [4.78, 5) is 21.2. The van der Waals surface area contributed by atoms with Crippen LogP contribution < -0.4 is 10.1 Å². The first-order chi connectivity index (χ1) is 11.3. The van der Waals surface area contributed by atoms with E-state index < -0.39 is 0 Å². The number of carbonyl (C=O) groups excluding carboxylic acids is 1. The summed E-state index contributed by atoms with van der Waals surface area (Å²) in [5, 5.41) is 3.10. The molecule has 3 heterocycles. The van der Waals surface area contributed by atoms with E-state index in [1.807, 2.05) is 33.9 Å². The molecule has 24 heavy (non-hydrogen) atoms. The second-order valence-electron chi connectivity index (χ2n) is 7.26. The third-order valence-electron chi connectivity index (χ3n) is 3.86. The molecule has 1 aliphatic heterocycles. The fraction of sp³-hybridized carbons (Fsp3) is 0.500. The summed E-state index contributed by atoms with van der Waals surface area (Å²) >= 11 is 0. The number of imidazole rings is 1. The predicted octanol–water partition coefficient (Wildman–Crippen LogP) is 2.51. The van der Waals surface area contributed by atoms with Gasteiger partial charge in [0.25, 0.3) is 5.91 Å². The molecule has 0 aromatic carbocycles. The molecule has 2 aromatic rings. The largest absolute Gasteiger partial charge is 0.472 e. The van der Waals surface area contributed by atoms with Crippen molar-refractivity contribution in [3.63, 3.8) is 0 Å². The van der Waals surface area contributed by atoms with E-state index in [4.69, 9.17) is 4.74 Å². The summed E-state index contributed by atoms with van der Waals surface area (Å²) in [7, 11) is 0. The average molecular weight is 328 g/mol. The summed E-state index contributed by atoms with van der Waals surface area (Å²) in [6, 6.07) is 3.51. The minimum atomic E-state index is -0.346. The molecule has 2 aromatic heterocycles. The van der Waals surface area contributed by atoms with Crippen molar-refractivity contribution in [1.82, 2.24) is 19.9 Å². The minimum absolute atomic E-state index is 0.0959. The third-order valence-corrected chi connectivity index (χ3v) is 3.86. The molecule has 6 heteroatoms. The van der Waals surface area contributed by atoms with Crippen molar-refractivity contribution in [3.05, 3.63) is 41.6 Å². The molecule has 6 nitrogen and oxygen atoms in total. The van der Waals surface area contributed by atoms with E-state index >= 15 is 0 Å². The van der Waals surface area contributed by atoms with E-state index in [0.29, 0.717) is 11.4 Å². The topological polar surface area (TPSA) is 69.0 Å². The molecule has 1 atom stereocenters. The number of fused-ring (bicyclic) bond motifs is 1. The van der Waals surface area contributed by atoms with Crippen LogP contribution in [0.3, 0.4) is 0 Å². The van der Waals surface area contributed by atoms with Gasteiger partial charge in [-0.15, -0.1) is 0 Å². The fourth-order valence-corrected chi connectivity index (χ4v) is 2.89. The zero-order chi connectivity index (χ0) is 17.3. The highest BCUT2D eigenvalue weighted by molar-refractivity contribution is 5.94. The van der Waals surface area contributed by atoms with Crippen LogP contribution in [0.4, 0.5) is 0 Å². The first-order valence-electron chi connectivity index (χ1n) is 8.29. The zero-order valence-electron chi connectivity index (χ0n) is 14.7. The van der Waals surface area contributed by atoms with Crippen LogP contribution in [-0.4, -0.2) is 32.1 Å². The molecule has 1 N–H and O–H groups in total. The molecule has 0 spiro atoms. The van der Waals surface area contributed by atoms with Gasteiger partial charge in [0.15, 0.2) is 0 Å². The number of rotatable bonds is 3. The highest BCUT2D eigenvalue weighted by atomic mass is 16.5. The van der Waals surface area contributed by atoms with Gasteiger partial charge < -0.3 is 14.6 Å². The molecule has 1 aliphatic rings. The van der Waals surface area contributed by atoms with Crippen LogP contribution in [0.25, 0.3) is 0 Å². The summed E-state index contributed by atoms with van der Waals surface area (Å²) in [6.07, 6.45) is 5.43. The van der Waals surface area contributed by atoms with Crippen LogP contribution in [0, 0.1) is 6.92 Å². The summed E-state index contributed by atoms with van der Waals surface area (Å²) in [6.45, 7) is 8.61. The van der Waals surface area contributed by atoms with Crippen molar-refractivity contribution in [2.45, 2.75) is 58.7 Å². The SMILES string of the molecule is Cc1cn2c(n1)CCC(NC(=O)c1ccnc(OC(C)(C)C)c1)C2. The van der Waals surface area contributed by atoms with Crippen molar-refractivity contribution in [2.24, 2.45) is 0 Å². The number of aromatic nitrogens is 3. The summed E-state index contributed by atoms with van der Waals surface area (Å²) in [5.41, 5.74) is 1.24. The Morgan fingerprint density at radius 2 is 2.21 bits per heavy atom. The van der Waals surface area contributed by atoms with Gasteiger partial charge in [0.1, 0.15) is 11.4 Å². The van der Waals surface area contributed by atoms with Crippen molar-refractivity contribution in [3.8, 4) is 5.88 Å². The number of ether oxygens (including phenoxy) is 1. The van der Waals surface area contributed by atoms with Crippen LogP contribution in [0.15, 0.2) is 24.5 Å². The van der Waals surface area contributed by atoms with Crippen molar-refractivity contribution < 1.29 is 9.53 Å². The number of pyridine rings is 1. The standard InChI is InChI=1S/C18H24N4O2/c1-12-10-22-11-14(5-6-15(22)20-12)21-17(23)13-7-8-19-16(9-13)24-18(2,3)4/h7-10,14H,5-6,11H2,1-4H3,(H,21,23). The molecule has 3 rings (SSSR count). The monoisotopic (exact) mass is 328 g/mol. The Bertz CT molecular complexity index is 746. The number of aryl methyl sites for hydroxylation is 2. The molecular formula is C18H24N4O2. The quantitative estimate of drug-likeness (QED) is 0.940. The summed E-state index contributed by atoms with van der Waals surface area (Å²) in [5.74, 6) is 1.47. The second kappa shape index (κ2) is 6.26. The lowest BCUT2D eigenvalue weighted by Gasteiger charge is -2.25.